The van der Waals surface area contributed by atoms with Crippen molar-refractivity contribution in [2.24, 2.45) is 0 Å². The molecule has 84 valence electrons. The first-order valence-corrected chi connectivity index (χ1v) is 5.43. The van der Waals surface area contributed by atoms with Crippen LogP contribution in [0.3, 0.4) is 0 Å². The highest BCUT2D eigenvalue weighted by atomic mass is 16.4. The van der Waals surface area contributed by atoms with Crippen molar-refractivity contribution in [3.63, 3.8) is 0 Å². The van der Waals surface area contributed by atoms with Gasteiger partial charge in [0.05, 0.1) is 11.9 Å². The first-order valence-electron chi connectivity index (χ1n) is 5.43. The van der Waals surface area contributed by atoms with Gasteiger partial charge in [-0.05, 0) is 25.5 Å². The third-order valence-electron chi connectivity index (χ3n) is 2.87. The maximum Gasteiger partial charge on any atom is 0.307 e. The summed E-state index contributed by atoms with van der Waals surface area (Å²) < 4.78 is 2.16. The highest BCUT2D eigenvalue weighted by molar-refractivity contribution is 5.87. The minimum Gasteiger partial charge on any atom is -0.481 e. The van der Waals surface area contributed by atoms with E-state index in [1.54, 1.807) is 0 Å². The zero-order chi connectivity index (χ0) is 11.7. The molecule has 3 heteroatoms. The number of para-hydroxylation sites is 1. The number of hydrogen-bond acceptors (Lipinski definition) is 1. The lowest BCUT2D eigenvalue weighted by Gasteiger charge is -2.07. The summed E-state index contributed by atoms with van der Waals surface area (Å²) in [6.07, 6.45) is 0.0841. The molecule has 16 heavy (non-hydrogen) atoms. The van der Waals surface area contributed by atoms with Gasteiger partial charge in [-0.25, -0.2) is 0 Å². The van der Waals surface area contributed by atoms with Crippen LogP contribution in [0.15, 0.2) is 24.3 Å². The molecule has 2 aromatic rings. The van der Waals surface area contributed by atoms with E-state index >= 15 is 0 Å². The fourth-order valence-electron chi connectivity index (χ4n) is 2.25. The summed E-state index contributed by atoms with van der Waals surface area (Å²) >= 11 is 0. The third kappa shape index (κ3) is 1.69. The zero-order valence-electron chi connectivity index (χ0n) is 9.53. The standard InChI is InChI=1S/C13H15NO2/c1-3-14-9(2)7-10-5-4-6-11(13(10)14)8-12(15)16/h4-7H,3,8H2,1-2H3,(H,15,16). The Balaban J connectivity index is 2.68. The van der Waals surface area contributed by atoms with Crippen LogP contribution in [0.4, 0.5) is 0 Å². The maximum atomic E-state index is 10.8. The Morgan fingerprint density at radius 3 is 2.81 bits per heavy atom. The molecule has 0 spiro atoms. The molecule has 0 radical (unpaired) electrons. The van der Waals surface area contributed by atoms with Gasteiger partial charge in [0.25, 0.3) is 0 Å². The average molecular weight is 217 g/mol. The van der Waals surface area contributed by atoms with E-state index in [0.717, 1.165) is 23.0 Å². The van der Waals surface area contributed by atoms with E-state index < -0.39 is 5.97 Å². The molecule has 1 aromatic heterocycles. The molecule has 0 saturated heterocycles. The summed E-state index contributed by atoms with van der Waals surface area (Å²) in [5.41, 5.74) is 3.13. The number of benzene rings is 1. The van der Waals surface area contributed by atoms with Gasteiger partial charge in [0.2, 0.25) is 0 Å². The van der Waals surface area contributed by atoms with Crippen LogP contribution < -0.4 is 0 Å². The molecule has 0 saturated carbocycles. The lowest BCUT2D eigenvalue weighted by molar-refractivity contribution is -0.136. The average Bonchev–Trinajstić information content (AvgIpc) is 2.53. The van der Waals surface area contributed by atoms with Crippen molar-refractivity contribution in [1.29, 1.82) is 0 Å². The fraction of sp³-hybridized carbons (Fsp3) is 0.308. The van der Waals surface area contributed by atoms with Crippen LogP contribution in [-0.4, -0.2) is 15.6 Å². The lowest BCUT2D eigenvalue weighted by Crippen LogP contribution is -2.04. The molecule has 3 nitrogen and oxygen atoms in total. The fourth-order valence-corrected chi connectivity index (χ4v) is 2.25. The SMILES string of the molecule is CCn1c(C)cc2cccc(CC(=O)O)c21. The highest BCUT2D eigenvalue weighted by Crippen LogP contribution is 2.23. The second kappa shape index (κ2) is 4.00. The first-order chi connectivity index (χ1) is 7.63. The van der Waals surface area contributed by atoms with Crippen molar-refractivity contribution in [2.75, 3.05) is 0 Å². The molecule has 1 heterocycles. The summed E-state index contributed by atoms with van der Waals surface area (Å²) in [4.78, 5) is 10.8. The van der Waals surface area contributed by atoms with Crippen LogP contribution in [0.5, 0.6) is 0 Å². The molecule has 0 unspecified atom stereocenters. The Morgan fingerprint density at radius 2 is 2.19 bits per heavy atom. The summed E-state index contributed by atoms with van der Waals surface area (Å²) in [7, 11) is 0. The largest absolute Gasteiger partial charge is 0.481 e. The molecule has 2 rings (SSSR count). The predicted molar refractivity (Wildman–Crippen MR) is 63.7 cm³/mol. The molecular formula is C13H15NO2. The smallest absolute Gasteiger partial charge is 0.307 e. The second-order valence-electron chi connectivity index (χ2n) is 3.96. The quantitative estimate of drug-likeness (QED) is 0.858. The van der Waals surface area contributed by atoms with Crippen LogP contribution in [-0.2, 0) is 17.8 Å². The Kier molecular flexibility index (Phi) is 2.69. The Hall–Kier alpha value is -1.77. The van der Waals surface area contributed by atoms with Gasteiger partial charge in [0.1, 0.15) is 0 Å². The number of aliphatic carboxylic acids is 1. The van der Waals surface area contributed by atoms with Crippen LogP contribution in [0.25, 0.3) is 10.9 Å². The number of nitrogens with zero attached hydrogens (tertiary/aromatic N) is 1. The number of rotatable bonds is 3. The van der Waals surface area contributed by atoms with Crippen LogP contribution in [0, 0.1) is 6.92 Å². The van der Waals surface area contributed by atoms with Gasteiger partial charge in [-0.15, -0.1) is 0 Å². The van der Waals surface area contributed by atoms with Crippen molar-refractivity contribution >= 4 is 16.9 Å². The van der Waals surface area contributed by atoms with Crippen molar-refractivity contribution in [2.45, 2.75) is 26.8 Å². The minimum atomic E-state index is -0.783. The van der Waals surface area contributed by atoms with E-state index in [0.29, 0.717) is 0 Å². The van der Waals surface area contributed by atoms with Crippen LogP contribution in [0.1, 0.15) is 18.2 Å². The van der Waals surface area contributed by atoms with E-state index in [2.05, 4.69) is 17.6 Å². The van der Waals surface area contributed by atoms with Crippen LogP contribution >= 0.6 is 0 Å². The molecule has 0 bridgehead atoms. The number of aryl methyl sites for hydroxylation is 2. The number of carboxylic acids is 1. The highest BCUT2D eigenvalue weighted by Gasteiger charge is 2.10. The lowest BCUT2D eigenvalue weighted by atomic mass is 10.1. The van der Waals surface area contributed by atoms with E-state index in [-0.39, 0.29) is 6.42 Å². The summed E-state index contributed by atoms with van der Waals surface area (Å²) in [6.45, 7) is 4.99. The van der Waals surface area contributed by atoms with E-state index in [4.69, 9.17) is 5.11 Å². The van der Waals surface area contributed by atoms with Gasteiger partial charge in [-0.3, -0.25) is 4.79 Å². The van der Waals surface area contributed by atoms with Crippen molar-refractivity contribution in [1.82, 2.24) is 4.57 Å². The van der Waals surface area contributed by atoms with E-state index in [1.165, 1.54) is 5.69 Å². The number of carboxylic acid groups (broad SMARTS) is 1. The van der Waals surface area contributed by atoms with Gasteiger partial charge in [-0.2, -0.15) is 0 Å². The van der Waals surface area contributed by atoms with Gasteiger partial charge in [0, 0.05) is 17.6 Å². The molecular weight excluding hydrogens is 202 g/mol. The predicted octanol–water partition coefficient (Wildman–Crippen LogP) is 2.60. The van der Waals surface area contributed by atoms with Crippen molar-refractivity contribution < 1.29 is 9.90 Å². The van der Waals surface area contributed by atoms with Crippen molar-refractivity contribution in [3.05, 3.63) is 35.5 Å². The first kappa shape index (κ1) is 10.7. The molecule has 0 aliphatic heterocycles. The Bertz CT molecular complexity index is 540. The molecule has 0 amide bonds. The summed E-state index contributed by atoms with van der Waals surface area (Å²) in [5.74, 6) is -0.783. The number of carbonyl (C=O) groups is 1. The number of hydrogen-bond donors (Lipinski definition) is 1. The molecule has 0 fully saturated rings. The number of aromatic nitrogens is 1. The zero-order valence-corrected chi connectivity index (χ0v) is 9.53. The second-order valence-corrected chi connectivity index (χ2v) is 3.96. The van der Waals surface area contributed by atoms with Crippen molar-refractivity contribution in [3.8, 4) is 0 Å². The molecule has 0 aliphatic carbocycles. The van der Waals surface area contributed by atoms with E-state index in [9.17, 15) is 4.79 Å². The normalized spacial score (nSPS) is 10.9. The Labute approximate surface area is 94.3 Å². The minimum absolute atomic E-state index is 0.0841. The monoisotopic (exact) mass is 217 g/mol. The molecule has 1 aromatic carbocycles. The third-order valence-corrected chi connectivity index (χ3v) is 2.87. The van der Waals surface area contributed by atoms with Crippen LogP contribution in [0.2, 0.25) is 0 Å². The number of fused-ring (bicyclic) bond motifs is 1. The van der Waals surface area contributed by atoms with Gasteiger partial charge in [-0.1, -0.05) is 18.2 Å². The molecule has 0 atom stereocenters. The maximum absolute atomic E-state index is 10.8. The van der Waals surface area contributed by atoms with Gasteiger partial charge in [0.15, 0.2) is 0 Å². The van der Waals surface area contributed by atoms with Gasteiger partial charge < -0.3 is 9.67 Å². The van der Waals surface area contributed by atoms with E-state index in [1.807, 2.05) is 25.1 Å². The Morgan fingerprint density at radius 1 is 1.44 bits per heavy atom. The summed E-state index contributed by atoms with van der Waals surface area (Å²) in [6, 6.07) is 7.94. The van der Waals surface area contributed by atoms with Gasteiger partial charge >= 0.3 is 5.97 Å². The topological polar surface area (TPSA) is 42.2 Å². The molecule has 0 aliphatic rings. The summed E-state index contributed by atoms with van der Waals surface area (Å²) in [5, 5.41) is 10.0. The molecule has 1 N–H and O–H groups in total.